The van der Waals surface area contributed by atoms with Crippen LogP contribution in [0.25, 0.3) is 11.0 Å². The van der Waals surface area contributed by atoms with Crippen LogP contribution in [0.2, 0.25) is 5.02 Å². The molecule has 198 valence electrons. The minimum atomic E-state index is -1.18. The maximum atomic E-state index is 13.2. The molecule has 0 radical (unpaired) electrons. The van der Waals surface area contributed by atoms with Gasteiger partial charge in [-0.1, -0.05) is 17.7 Å². The van der Waals surface area contributed by atoms with Crippen LogP contribution in [0, 0.1) is 0 Å². The van der Waals surface area contributed by atoms with Crippen LogP contribution in [0.1, 0.15) is 40.4 Å². The van der Waals surface area contributed by atoms with E-state index in [1.54, 1.807) is 18.2 Å². The molecule has 2 heterocycles. The van der Waals surface area contributed by atoms with Crippen LogP contribution in [0.4, 0.5) is 0 Å². The molecular weight excluding hydrogens is 521 g/mol. The molecule has 36 heavy (non-hydrogen) atoms. The first kappa shape index (κ1) is 32.7. The van der Waals surface area contributed by atoms with Gasteiger partial charge in [-0.05, 0) is 48.2 Å². The van der Waals surface area contributed by atoms with E-state index in [1.165, 1.54) is 16.7 Å². The van der Waals surface area contributed by atoms with Gasteiger partial charge >= 0.3 is 17.1 Å². The van der Waals surface area contributed by atoms with Crippen molar-refractivity contribution < 1.29 is 35.9 Å². The molecule has 1 aliphatic heterocycles. The van der Waals surface area contributed by atoms with Crippen LogP contribution in [-0.2, 0) is 17.8 Å². The van der Waals surface area contributed by atoms with Gasteiger partial charge < -0.3 is 37.0 Å². The zero-order valence-electron chi connectivity index (χ0n) is 18.8. The van der Waals surface area contributed by atoms with Crippen molar-refractivity contribution in [2.45, 2.75) is 31.8 Å². The fraction of sp³-hybridized carbons (Fsp3) is 0.273. The van der Waals surface area contributed by atoms with E-state index >= 15 is 0 Å². The number of rotatable bonds is 7. The first-order valence-corrected chi connectivity index (χ1v) is 10.3. The number of ether oxygens (including phenoxy) is 1. The van der Waals surface area contributed by atoms with Gasteiger partial charge in [0.25, 0.3) is 0 Å². The molecule has 12 nitrogen and oxygen atoms in total. The average Bonchev–Trinajstić information content (AvgIpc) is 2.76. The third-order valence-electron chi connectivity index (χ3n) is 5.52. The van der Waals surface area contributed by atoms with Crippen molar-refractivity contribution >= 4 is 46.8 Å². The van der Waals surface area contributed by atoms with Crippen molar-refractivity contribution in [2.75, 3.05) is 6.61 Å². The SMILES string of the molecule is Cl.NCc1ccc(C(=O)C[C@@H]2CCc3cc(Cl)cc4[nH]c(=O)c(=O)n2c34)c(OCC(=O)O)c1.O.O.O. The summed E-state index contributed by atoms with van der Waals surface area (Å²) in [5.41, 5.74) is 6.81. The largest absolute Gasteiger partial charge is 0.481 e. The molecule has 0 saturated carbocycles. The molecule has 0 fully saturated rings. The Hall–Kier alpha value is -3.26. The van der Waals surface area contributed by atoms with Crippen LogP contribution in [0.5, 0.6) is 5.75 Å². The zero-order chi connectivity index (χ0) is 23.0. The molecule has 0 spiro atoms. The van der Waals surface area contributed by atoms with Gasteiger partial charge in [-0.15, -0.1) is 12.4 Å². The van der Waals surface area contributed by atoms with E-state index in [0.29, 0.717) is 34.5 Å². The molecule has 14 heteroatoms. The molecule has 0 amide bonds. The summed E-state index contributed by atoms with van der Waals surface area (Å²) >= 11 is 6.14. The number of aliphatic carboxylic acids is 1. The summed E-state index contributed by atoms with van der Waals surface area (Å²) in [6.07, 6.45) is 0.977. The monoisotopic (exact) mass is 547 g/mol. The summed E-state index contributed by atoms with van der Waals surface area (Å²) < 4.78 is 6.68. The lowest BCUT2D eigenvalue weighted by Crippen LogP contribution is -2.40. The third-order valence-corrected chi connectivity index (χ3v) is 5.74. The number of nitrogens with one attached hydrogen (secondary N) is 1. The number of carboxylic acids is 1. The number of carbonyl (C=O) groups excluding carboxylic acids is 1. The van der Waals surface area contributed by atoms with E-state index in [1.807, 2.05) is 0 Å². The number of nitrogens with two attached hydrogens (primary N) is 1. The Morgan fingerprint density at radius 1 is 1.17 bits per heavy atom. The van der Waals surface area contributed by atoms with Crippen LogP contribution in [0.3, 0.4) is 0 Å². The first-order chi connectivity index (χ1) is 15.3. The lowest BCUT2D eigenvalue weighted by atomic mass is 9.93. The van der Waals surface area contributed by atoms with Crippen molar-refractivity contribution in [3.63, 3.8) is 0 Å². The third kappa shape index (κ3) is 6.29. The number of halogens is 2. The highest BCUT2D eigenvalue weighted by Crippen LogP contribution is 2.33. The van der Waals surface area contributed by atoms with E-state index in [2.05, 4.69) is 4.98 Å². The Balaban J connectivity index is 0.00000306. The Bertz CT molecular complexity index is 1370. The highest BCUT2D eigenvalue weighted by molar-refractivity contribution is 6.31. The maximum Gasteiger partial charge on any atom is 0.341 e. The lowest BCUT2D eigenvalue weighted by Gasteiger charge is -2.27. The summed E-state index contributed by atoms with van der Waals surface area (Å²) in [7, 11) is 0. The lowest BCUT2D eigenvalue weighted by molar-refractivity contribution is -0.139. The number of H-pyrrole nitrogens is 1. The molecule has 3 aromatic rings. The van der Waals surface area contributed by atoms with E-state index in [-0.39, 0.29) is 58.9 Å². The molecular formula is C22H27Cl2N3O9. The topological polar surface area (TPSA) is 239 Å². The van der Waals surface area contributed by atoms with E-state index in [9.17, 15) is 19.2 Å². The number of aromatic amines is 1. The number of benzene rings is 2. The molecule has 2 aromatic carbocycles. The Kier molecular flexibility index (Phi) is 12.0. The van der Waals surface area contributed by atoms with Crippen molar-refractivity contribution in [1.29, 1.82) is 0 Å². The van der Waals surface area contributed by atoms with Gasteiger partial charge in [0, 0.05) is 24.0 Å². The fourth-order valence-corrected chi connectivity index (χ4v) is 4.35. The molecule has 1 aromatic heterocycles. The van der Waals surface area contributed by atoms with Gasteiger partial charge in [0.2, 0.25) is 0 Å². The van der Waals surface area contributed by atoms with Crippen LogP contribution in [-0.4, -0.2) is 49.4 Å². The smallest absolute Gasteiger partial charge is 0.341 e. The molecule has 1 atom stereocenters. The van der Waals surface area contributed by atoms with Gasteiger partial charge in [-0.25, -0.2) is 4.79 Å². The Labute approximate surface area is 215 Å². The number of hydrogen-bond acceptors (Lipinski definition) is 6. The van der Waals surface area contributed by atoms with E-state index in [4.69, 9.17) is 27.2 Å². The fourth-order valence-electron chi connectivity index (χ4n) is 4.11. The molecule has 0 bridgehead atoms. The number of Topliss-reactive ketones (excluding diaryl/α,β-unsaturated/α-hetero) is 1. The summed E-state index contributed by atoms with van der Waals surface area (Å²) in [4.78, 5) is 51.6. The quantitative estimate of drug-likeness (QED) is 0.269. The predicted octanol–water partition coefficient (Wildman–Crippen LogP) is -0.0267. The maximum absolute atomic E-state index is 13.2. The Morgan fingerprint density at radius 2 is 1.86 bits per heavy atom. The van der Waals surface area contributed by atoms with Crippen molar-refractivity contribution in [2.24, 2.45) is 5.73 Å². The minimum Gasteiger partial charge on any atom is -0.481 e. The zero-order valence-corrected chi connectivity index (χ0v) is 20.4. The summed E-state index contributed by atoms with van der Waals surface area (Å²) in [6, 6.07) is 7.51. The van der Waals surface area contributed by atoms with Gasteiger partial charge in [0.05, 0.1) is 16.6 Å². The van der Waals surface area contributed by atoms with Crippen molar-refractivity contribution in [3.05, 3.63) is 72.8 Å². The number of carbonyl (C=O) groups is 2. The van der Waals surface area contributed by atoms with Gasteiger partial charge in [0.15, 0.2) is 12.4 Å². The molecule has 4 rings (SSSR count). The predicted molar refractivity (Wildman–Crippen MR) is 136 cm³/mol. The van der Waals surface area contributed by atoms with Crippen molar-refractivity contribution in [3.8, 4) is 5.75 Å². The second-order valence-electron chi connectivity index (χ2n) is 7.63. The Morgan fingerprint density at radius 3 is 2.50 bits per heavy atom. The highest BCUT2D eigenvalue weighted by Gasteiger charge is 2.28. The summed E-state index contributed by atoms with van der Waals surface area (Å²) in [5, 5.41) is 9.38. The average molecular weight is 548 g/mol. The number of aryl methyl sites for hydroxylation is 1. The van der Waals surface area contributed by atoms with Gasteiger partial charge in [-0.3, -0.25) is 19.0 Å². The first-order valence-electron chi connectivity index (χ1n) is 9.96. The molecule has 0 saturated heterocycles. The second kappa shape index (κ2) is 13.2. The molecule has 0 aliphatic carbocycles. The minimum absolute atomic E-state index is 0. The number of carboxylic acid groups (broad SMARTS) is 1. The molecule has 1 aliphatic rings. The van der Waals surface area contributed by atoms with Crippen molar-refractivity contribution in [1.82, 2.24) is 9.55 Å². The number of aromatic nitrogens is 2. The van der Waals surface area contributed by atoms with Crippen LogP contribution >= 0.6 is 24.0 Å². The number of ketones is 1. The normalized spacial score (nSPS) is 13.3. The van der Waals surface area contributed by atoms with Crippen LogP contribution < -0.4 is 21.6 Å². The molecule has 10 N–H and O–H groups in total. The van der Waals surface area contributed by atoms with E-state index in [0.717, 1.165) is 5.56 Å². The standard InChI is InChI=1S/C22H20ClN3O6.ClH.3H2O/c23-13-6-12-2-3-14(26-20(12)16(7-13)25-21(30)22(26)31)8-17(27)15-4-1-11(9-24)5-18(15)32-10-19(28)29;;;;/h1,4-7,14H,2-3,8-10,24H2,(H,25,30)(H,28,29);1H;3*1H2/t14-;;;;/m0..../s1. The summed E-state index contributed by atoms with van der Waals surface area (Å²) in [6.45, 7) is -0.417. The second-order valence-corrected chi connectivity index (χ2v) is 8.06. The van der Waals surface area contributed by atoms with Gasteiger partial charge in [-0.2, -0.15) is 0 Å². The van der Waals surface area contributed by atoms with Crippen LogP contribution in [0.15, 0.2) is 39.9 Å². The number of nitrogens with zero attached hydrogens (tertiary/aromatic N) is 1. The van der Waals surface area contributed by atoms with E-state index < -0.39 is 29.7 Å². The highest BCUT2D eigenvalue weighted by atomic mass is 35.5. The summed E-state index contributed by atoms with van der Waals surface area (Å²) in [5.74, 6) is -1.40. The molecule has 0 unspecified atom stereocenters. The number of hydrogen-bond donors (Lipinski definition) is 3. The van der Waals surface area contributed by atoms with Gasteiger partial charge in [0.1, 0.15) is 5.75 Å².